The van der Waals surface area contributed by atoms with Crippen molar-refractivity contribution < 1.29 is 9.59 Å². The van der Waals surface area contributed by atoms with Crippen molar-refractivity contribution in [1.82, 2.24) is 14.7 Å². The maximum Gasteiger partial charge on any atom is 0.263 e. The number of amidine groups is 1. The molecule has 1 fully saturated rings. The molecular formula is C28H30Cl2N4O2S. The van der Waals surface area contributed by atoms with Crippen LogP contribution in [0.2, 0.25) is 10.0 Å². The molecule has 9 heteroatoms. The number of carbonyl (C=O) groups is 2. The van der Waals surface area contributed by atoms with Crippen molar-refractivity contribution in [3.63, 3.8) is 0 Å². The SMILES string of the molecule is CC(C)C1=C(C(=O)N2CC[C@H]2C(=O)N(C)C)SC2=N[C@@](C)(c3ccc(Cl)cc3)[C@@H](c3ccc(Cl)cc3)N21. The summed E-state index contributed by atoms with van der Waals surface area (Å²) in [7, 11) is 3.46. The number of aliphatic imine (C=N–C) groups is 1. The summed E-state index contributed by atoms with van der Waals surface area (Å²) in [6.45, 7) is 6.90. The Morgan fingerprint density at radius 1 is 1.05 bits per heavy atom. The highest BCUT2D eigenvalue weighted by molar-refractivity contribution is 8.18. The van der Waals surface area contributed by atoms with E-state index in [4.69, 9.17) is 28.2 Å². The Morgan fingerprint density at radius 3 is 2.16 bits per heavy atom. The number of benzene rings is 2. The van der Waals surface area contributed by atoms with Crippen LogP contribution in [0, 0.1) is 5.92 Å². The van der Waals surface area contributed by atoms with Crippen molar-refractivity contribution in [3.8, 4) is 0 Å². The van der Waals surface area contributed by atoms with Crippen molar-refractivity contribution in [2.45, 2.75) is 44.8 Å². The number of thioether (sulfide) groups is 1. The van der Waals surface area contributed by atoms with E-state index in [1.165, 1.54) is 11.8 Å². The Bertz CT molecular complexity index is 1310. The molecule has 2 aromatic rings. The van der Waals surface area contributed by atoms with Crippen LogP contribution in [0.1, 0.15) is 44.4 Å². The molecule has 37 heavy (non-hydrogen) atoms. The lowest BCUT2D eigenvalue weighted by molar-refractivity contribution is -0.148. The van der Waals surface area contributed by atoms with Gasteiger partial charge < -0.3 is 14.7 Å². The van der Waals surface area contributed by atoms with Crippen LogP contribution < -0.4 is 0 Å². The van der Waals surface area contributed by atoms with E-state index in [1.807, 2.05) is 48.5 Å². The summed E-state index contributed by atoms with van der Waals surface area (Å²) in [6, 6.07) is 15.1. The van der Waals surface area contributed by atoms with Gasteiger partial charge in [-0.15, -0.1) is 0 Å². The molecule has 0 saturated carbocycles. The van der Waals surface area contributed by atoms with Gasteiger partial charge in [0.25, 0.3) is 5.91 Å². The number of carbonyl (C=O) groups excluding carboxylic acids is 2. The summed E-state index contributed by atoms with van der Waals surface area (Å²) in [4.78, 5) is 37.9. The van der Waals surface area contributed by atoms with E-state index in [0.29, 0.717) is 27.9 Å². The Labute approximate surface area is 232 Å². The smallest absolute Gasteiger partial charge is 0.263 e. The molecule has 194 valence electrons. The first kappa shape index (κ1) is 26.1. The third kappa shape index (κ3) is 4.35. The average Bonchev–Trinajstić information content (AvgIpc) is 3.32. The molecular weight excluding hydrogens is 527 g/mol. The Balaban J connectivity index is 1.59. The molecule has 0 aliphatic carbocycles. The molecule has 0 aromatic heterocycles. The molecule has 3 aliphatic heterocycles. The fourth-order valence-corrected chi connectivity index (χ4v) is 7.00. The van der Waals surface area contributed by atoms with Gasteiger partial charge in [0.15, 0.2) is 5.17 Å². The van der Waals surface area contributed by atoms with Gasteiger partial charge in [-0.25, -0.2) is 4.99 Å². The second-order valence-electron chi connectivity index (χ2n) is 10.4. The van der Waals surface area contributed by atoms with Gasteiger partial charge in [-0.2, -0.15) is 0 Å². The van der Waals surface area contributed by atoms with Crippen molar-refractivity contribution in [3.05, 3.63) is 80.3 Å². The van der Waals surface area contributed by atoms with Crippen LogP contribution in [-0.4, -0.2) is 58.4 Å². The number of amides is 2. The van der Waals surface area contributed by atoms with Gasteiger partial charge >= 0.3 is 0 Å². The fourth-order valence-electron chi connectivity index (χ4n) is 5.38. The van der Waals surface area contributed by atoms with E-state index >= 15 is 0 Å². The lowest BCUT2D eigenvalue weighted by Crippen LogP contribution is -2.58. The maximum absolute atomic E-state index is 13.8. The monoisotopic (exact) mass is 556 g/mol. The number of halogens is 2. The first-order valence-corrected chi connectivity index (χ1v) is 13.9. The minimum absolute atomic E-state index is 0.0403. The normalized spacial score (nSPS) is 24.8. The average molecular weight is 558 g/mol. The lowest BCUT2D eigenvalue weighted by Gasteiger charge is -2.41. The largest absolute Gasteiger partial charge is 0.347 e. The maximum atomic E-state index is 13.8. The predicted octanol–water partition coefficient (Wildman–Crippen LogP) is 5.93. The number of hydrogen-bond donors (Lipinski definition) is 0. The Kier molecular flexibility index (Phi) is 6.84. The van der Waals surface area contributed by atoms with Crippen LogP contribution in [-0.2, 0) is 15.1 Å². The zero-order valence-corrected chi connectivity index (χ0v) is 23.9. The van der Waals surface area contributed by atoms with Crippen LogP contribution in [0.5, 0.6) is 0 Å². The Hall–Kier alpha value is -2.48. The summed E-state index contributed by atoms with van der Waals surface area (Å²) in [5.74, 6) is -0.0763. The van der Waals surface area contributed by atoms with Crippen LogP contribution in [0.4, 0.5) is 0 Å². The third-order valence-electron chi connectivity index (χ3n) is 7.37. The van der Waals surface area contributed by atoms with Gasteiger partial charge in [-0.05, 0) is 66.4 Å². The van der Waals surface area contributed by atoms with Crippen LogP contribution in [0.3, 0.4) is 0 Å². The van der Waals surface area contributed by atoms with Gasteiger partial charge in [0.1, 0.15) is 16.5 Å². The standard InChI is InChI=1S/C28H30Cl2N4O2S/c1-16(2)22-23(26(36)33-15-14-21(33)25(35)32(4)5)37-27-31-28(3,18-8-12-20(30)13-9-18)24(34(22)27)17-6-10-19(29)11-7-17/h6-13,16,21,24H,14-15H2,1-5H3/t21-,24+,28-/m0/s1. The van der Waals surface area contributed by atoms with Crippen LogP contribution >= 0.6 is 35.0 Å². The zero-order chi connectivity index (χ0) is 26.6. The van der Waals surface area contributed by atoms with E-state index in [-0.39, 0.29) is 23.8 Å². The van der Waals surface area contributed by atoms with E-state index in [2.05, 4.69) is 25.7 Å². The molecule has 3 aliphatic rings. The number of fused-ring (bicyclic) bond motifs is 1. The molecule has 0 N–H and O–H groups in total. The first-order chi connectivity index (χ1) is 17.5. The number of likely N-dealkylation sites (tertiary alicyclic amines) is 1. The molecule has 0 radical (unpaired) electrons. The quantitative estimate of drug-likeness (QED) is 0.458. The summed E-state index contributed by atoms with van der Waals surface area (Å²) in [6.07, 6.45) is 0.685. The van der Waals surface area contributed by atoms with Crippen LogP contribution in [0.15, 0.2) is 64.1 Å². The number of likely N-dealkylation sites (N-methyl/N-ethyl adjacent to an activating group) is 1. The summed E-state index contributed by atoms with van der Waals surface area (Å²) >= 11 is 13.9. The van der Waals surface area contributed by atoms with Crippen molar-refractivity contribution in [1.29, 1.82) is 0 Å². The van der Waals surface area contributed by atoms with Gasteiger partial charge in [0, 0.05) is 36.4 Å². The summed E-state index contributed by atoms with van der Waals surface area (Å²) < 4.78 is 0. The first-order valence-electron chi connectivity index (χ1n) is 12.4. The van der Waals surface area contributed by atoms with Gasteiger partial charge in [0.05, 0.1) is 6.04 Å². The summed E-state index contributed by atoms with van der Waals surface area (Å²) in [5, 5.41) is 2.13. The molecule has 2 aromatic carbocycles. The number of allylic oxidation sites excluding steroid dienone is 1. The van der Waals surface area contributed by atoms with Crippen molar-refractivity contribution >= 4 is 51.9 Å². The van der Waals surface area contributed by atoms with E-state index < -0.39 is 11.6 Å². The van der Waals surface area contributed by atoms with E-state index in [1.54, 1.807) is 23.9 Å². The zero-order valence-electron chi connectivity index (χ0n) is 21.5. The van der Waals surface area contributed by atoms with Crippen molar-refractivity contribution in [2.24, 2.45) is 10.9 Å². The number of rotatable bonds is 5. The lowest BCUT2D eigenvalue weighted by atomic mass is 9.81. The second kappa shape index (κ2) is 9.68. The topological polar surface area (TPSA) is 56.2 Å². The number of nitrogens with zero attached hydrogens (tertiary/aromatic N) is 4. The highest BCUT2D eigenvalue weighted by Crippen LogP contribution is 2.56. The molecule has 1 saturated heterocycles. The molecule has 0 spiro atoms. The fraction of sp³-hybridized carbons (Fsp3) is 0.393. The minimum Gasteiger partial charge on any atom is -0.347 e. The number of hydrogen-bond acceptors (Lipinski definition) is 5. The Morgan fingerprint density at radius 2 is 1.65 bits per heavy atom. The van der Waals surface area contributed by atoms with E-state index in [0.717, 1.165) is 22.0 Å². The predicted molar refractivity (Wildman–Crippen MR) is 151 cm³/mol. The molecule has 5 rings (SSSR count). The molecule has 0 unspecified atom stereocenters. The second-order valence-corrected chi connectivity index (χ2v) is 12.2. The van der Waals surface area contributed by atoms with E-state index in [9.17, 15) is 9.59 Å². The minimum atomic E-state index is -0.615. The molecule has 3 heterocycles. The summed E-state index contributed by atoms with van der Waals surface area (Å²) in [5.41, 5.74) is 2.41. The molecule has 2 amide bonds. The van der Waals surface area contributed by atoms with Gasteiger partial charge in [0.2, 0.25) is 5.91 Å². The molecule has 0 bridgehead atoms. The van der Waals surface area contributed by atoms with Crippen molar-refractivity contribution in [2.75, 3.05) is 20.6 Å². The third-order valence-corrected chi connectivity index (χ3v) is 8.93. The molecule has 3 atom stereocenters. The van der Waals surface area contributed by atoms with Gasteiger partial charge in [-0.3, -0.25) is 9.59 Å². The molecule has 6 nitrogen and oxygen atoms in total. The van der Waals surface area contributed by atoms with Crippen LogP contribution in [0.25, 0.3) is 0 Å². The van der Waals surface area contributed by atoms with Gasteiger partial charge in [-0.1, -0.05) is 61.3 Å². The highest BCUT2D eigenvalue weighted by Gasteiger charge is 2.54. The highest BCUT2D eigenvalue weighted by atomic mass is 35.5.